The molecule has 2 nitrogen and oxygen atoms in total. The zero-order valence-corrected chi connectivity index (χ0v) is 9.04. The molecule has 1 saturated carbocycles. The van der Waals surface area contributed by atoms with Crippen LogP contribution >= 0.6 is 0 Å². The van der Waals surface area contributed by atoms with Gasteiger partial charge in [0.25, 0.3) is 0 Å². The number of nitrogens with one attached hydrogen (secondary N) is 1. The minimum absolute atomic E-state index is 0.266. The number of hydrogen-bond donors (Lipinski definition) is 1. The summed E-state index contributed by atoms with van der Waals surface area (Å²) in [5.41, 5.74) is 0.950. The molecule has 82 valence electrons. The molecule has 1 aromatic rings. The quantitative estimate of drug-likeness (QED) is 0.822. The van der Waals surface area contributed by atoms with Gasteiger partial charge < -0.3 is 5.32 Å². The van der Waals surface area contributed by atoms with E-state index in [1.807, 2.05) is 7.05 Å². The fraction of sp³-hybridized carbons (Fsp3) is 0.583. The highest BCUT2D eigenvalue weighted by Crippen LogP contribution is 2.34. The van der Waals surface area contributed by atoms with Gasteiger partial charge in [-0.05, 0) is 31.5 Å². The van der Waals surface area contributed by atoms with Crippen LogP contribution in [0.1, 0.15) is 37.4 Å². The molecule has 0 amide bonds. The number of nitrogens with zero attached hydrogens (tertiary/aromatic N) is 1. The van der Waals surface area contributed by atoms with Gasteiger partial charge in [-0.2, -0.15) is 0 Å². The third-order valence-electron chi connectivity index (χ3n) is 3.25. The highest BCUT2D eigenvalue weighted by atomic mass is 19.1. The van der Waals surface area contributed by atoms with Gasteiger partial charge >= 0.3 is 0 Å². The van der Waals surface area contributed by atoms with Crippen molar-refractivity contribution in [1.29, 1.82) is 0 Å². The maximum atomic E-state index is 12.7. The third-order valence-corrected chi connectivity index (χ3v) is 3.25. The first kappa shape index (κ1) is 10.6. The lowest BCUT2D eigenvalue weighted by Gasteiger charge is -2.29. The lowest BCUT2D eigenvalue weighted by molar-refractivity contribution is 0.264. The van der Waals surface area contributed by atoms with Crippen LogP contribution in [0.4, 0.5) is 4.39 Å². The molecule has 0 saturated heterocycles. The van der Waals surface area contributed by atoms with Gasteiger partial charge in [0.1, 0.15) is 5.82 Å². The Bertz CT molecular complexity index is 306. The van der Waals surface area contributed by atoms with Crippen LogP contribution < -0.4 is 5.32 Å². The number of rotatable bonds is 4. The Labute approximate surface area is 89.9 Å². The molecule has 1 atom stereocenters. The molecule has 1 aliphatic carbocycles. The number of aromatic nitrogens is 1. The lowest BCUT2D eigenvalue weighted by atomic mass is 9.80. The van der Waals surface area contributed by atoms with Crippen molar-refractivity contribution >= 4 is 0 Å². The zero-order chi connectivity index (χ0) is 10.7. The van der Waals surface area contributed by atoms with E-state index in [1.165, 1.54) is 31.5 Å². The topological polar surface area (TPSA) is 24.9 Å². The van der Waals surface area contributed by atoms with Crippen molar-refractivity contribution < 1.29 is 4.39 Å². The molecule has 0 bridgehead atoms. The van der Waals surface area contributed by atoms with Crippen LogP contribution in [0.3, 0.4) is 0 Å². The van der Waals surface area contributed by atoms with Gasteiger partial charge in [0.15, 0.2) is 0 Å². The van der Waals surface area contributed by atoms with Crippen molar-refractivity contribution in [1.82, 2.24) is 10.3 Å². The summed E-state index contributed by atoms with van der Waals surface area (Å²) in [7, 11) is 1.94. The molecule has 1 N–H and O–H groups in total. The van der Waals surface area contributed by atoms with Crippen LogP contribution in [0.25, 0.3) is 0 Å². The second-order valence-electron chi connectivity index (χ2n) is 4.28. The standard InChI is InChI=1S/C12H17FN2/c1-14-12(7-9-3-2-4-9)11-6-5-10(13)8-15-11/h5-6,8-9,12,14H,2-4,7H2,1H3. The maximum absolute atomic E-state index is 12.7. The van der Waals surface area contributed by atoms with E-state index in [2.05, 4.69) is 10.3 Å². The van der Waals surface area contributed by atoms with E-state index in [1.54, 1.807) is 6.07 Å². The summed E-state index contributed by atoms with van der Waals surface area (Å²) in [6, 6.07) is 3.53. The van der Waals surface area contributed by atoms with Crippen molar-refractivity contribution in [3.05, 3.63) is 29.8 Å². The van der Waals surface area contributed by atoms with Crippen LogP contribution in [0.2, 0.25) is 0 Å². The molecule has 1 aliphatic rings. The predicted molar refractivity (Wildman–Crippen MR) is 58.0 cm³/mol. The van der Waals surface area contributed by atoms with E-state index < -0.39 is 0 Å². The van der Waals surface area contributed by atoms with E-state index in [4.69, 9.17) is 0 Å². The van der Waals surface area contributed by atoms with Crippen LogP contribution in [0.5, 0.6) is 0 Å². The van der Waals surface area contributed by atoms with Crippen LogP contribution in [0.15, 0.2) is 18.3 Å². The van der Waals surface area contributed by atoms with Crippen molar-refractivity contribution in [2.75, 3.05) is 7.05 Å². The molecule has 1 aromatic heterocycles. The first-order chi connectivity index (χ1) is 7.29. The van der Waals surface area contributed by atoms with Gasteiger partial charge in [0.05, 0.1) is 11.9 Å². The third kappa shape index (κ3) is 2.53. The highest BCUT2D eigenvalue weighted by Gasteiger charge is 2.22. The van der Waals surface area contributed by atoms with Gasteiger partial charge in [-0.1, -0.05) is 19.3 Å². The predicted octanol–water partition coefficient (Wildman–Crippen LogP) is 2.67. The SMILES string of the molecule is CNC(CC1CCC1)c1ccc(F)cn1. The molecule has 1 unspecified atom stereocenters. The molecule has 0 aliphatic heterocycles. The minimum atomic E-state index is -0.266. The molecule has 0 aromatic carbocycles. The van der Waals surface area contributed by atoms with Gasteiger partial charge in [-0.3, -0.25) is 4.98 Å². The highest BCUT2D eigenvalue weighted by molar-refractivity contribution is 5.10. The fourth-order valence-corrected chi connectivity index (χ4v) is 2.04. The Morgan fingerprint density at radius 2 is 2.33 bits per heavy atom. The number of pyridine rings is 1. The Morgan fingerprint density at radius 3 is 2.80 bits per heavy atom. The van der Waals surface area contributed by atoms with E-state index in [-0.39, 0.29) is 11.9 Å². The summed E-state index contributed by atoms with van der Waals surface area (Å²) in [6.07, 6.45) is 6.44. The Balaban J connectivity index is 2.01. The Kier molecular flexibility index (Phi) is 3.31. The summed E-state index contributed by atoms with van der Waals surface area (Å²) >= 11 is 0. The average molecular weight is 208 g/mol. The first-order valence-corrected chi connectivity index (χ1v) is 5.58. The largest absolute Gasteiger partial charge is 0.312 e. The minimum Gasteiger partial charge on any atom is -0.312 e. The molecular weight excluding hydrogens is 191 g/mol. The maximum Gasteiger partial charge on any atom is 0.141 e. The first-order valence-electron chi connectivity index (χ1n) is 5.58. The normalized spacial score (nSPS) is 18.5. The monoisotopic (exact) mass is 208 g/mol. The smallest absolute Gasteiger partial charge is 0.141 e. The molecule has 15 heavy (non-hydrogen) atoms. The number of hydrogen-bond acceptors (Lipinski definition) is 2. The van der Waals surface area contributed by atoms with E-state index in [9.17, 15) is 4.39 Å². The van der Waals surface area contributed by atoms with Gasteiger partial charge in [0, 0.05) is 6.04 Å². The van der Waals surface area contributed by atoms with E-state index in [0.717, 1.165) is 18.0 Å². The molecule has 3 heteroatoms. The van der Waals surface area contributed by atoms with Crippen molar-refractivity contribution in [2.45, 2.75) is 31.7 Å². The second-order valence-corrected chi connectivity index (χ2v) is 4.28. The molecule has 0 radical (unpaired) electrons. The lowest BCUT2D eigenvalue weighted by Crippen LogP contribution is -2.23. The fourth-order valence-electron chi connectivity index (χ4n) is 2.04. The molecule has 1 heterocycles. The summed E-state index contributed by atoms with van der Waals surface area (Å²) in [5.74, 6) is 0.562. The number of halogens is 1. The van der Waals surface area contributed by atoms with Crippen LogP contribution in [-0.4, -0.2) is 12.0 Å². The molecule has 1 fully saturated rings. The second kappa shape index (κ2) is 4.71. The van der Waals surface area contributed by atoms with Gasteiger partial charge in [-0.25, -0.2) is 4.39 Å². The summed E-state index contributed by atoms with van der Waals surface area (Å²) < 4.78 is 12.7. The zero-order valence-electron chi connectivity index (χ0n) is 9.04. The molecule has 2 rings (SSSR count). The molecular formula is C12H17FN2. The summed E-state index contributed by atoms with van der Waals surface area (Å²) in [6.45, 7) is 0. The summed E-state index contributed by atoms with van der Waals surface area (Å²) in [4.78, 5) is 4.12. The molecule has 0 spiro atoms. The van der Waals surface area contributed by atoms with Gasteiger partial charge in [-0.15, -0.1) is 0 Å². The van der Waals surface area contributed by atoms with Crippen molar-refractivity contribution in [2.24, 2.45) is 5.92 Å². The van der Waals surface area contributed by atoms with Crippen molar-refractivity contribution in [3.63, 3.8) is 0 Å². The van der Waals surface area contributed by atoms with Crippen LogP contribution in [-0.2, 0) is 0 Å². The van der Waals surface area contributed by atoms with Gasteiger partial charge in [0.2, 0.25) is 0 Å². The van der Waals surface area contributed by atoms with E-state index in [0.29, 0.717) is 0 Å². The van der Waals surface area contributed by atoms with Crippen LogP contribution in [0, 0.1) is 11.7 Å². The Morgan fingerprint density at radius 1 is 1.53 bits per heavy atom. The Hall–Kier alpha value is -0.960. The average Bonchev–Trinajstić information content (AvgIpc) is 2.19. The van der Waals surface area contributed by atoms with Crippen molar-refractivity contribution in [3.8, 4) is 0 Å². The van der Waals surface area contributed by atoms with E-state index >= 15 is 0 Å². The summed E-state index contributed by atoms with van der Waals surface area (Å²) in [5, 5.41) is 3.25.